The number of carboxylic acids is 1. The van der Waals surface area contributed by atoms with E-state index >= 15 is 0 Å². The van der Waals surface area contributed by atoms with Gasteiger partial charge in [-0.2, -0.15) is 0 Å². The lowest BCUT2D eigenvalue weighted by molar-refractivity contribution is -0.139. The zero-order valence-corrected chi connectivity index (χ0v) is 21.8. The van der Waals surface area contributed by atoms with Gasteiger partial charge in [-0.1, -0.05) is 38.1 Å². The molecule has 1 aliphatic rings. The molecule has 2 heterocycles. The Labute approximate surface area is 221 Å². The predicted molar refractivity (Wildman–Crippen MR) is 144 cm³/mol. The summed E-state index contributed by atoms with van der Waals surface area (Å²) in [6.07, 6.45) is 4.68. The average molecular weight is 521 g/mol. The molecule has 0 spiro atoms. The number of benzene rings is 1. The number of pyridine rings is 1. The van der Waals surface area contributed by atoms with E-state index in [1.807, 2.05) is 13.8 Å². The molecular weight excluding hydrogens is 487 g/mol. The van der Waals surface area contributed by atoms with Crippen molar-refractivity contribution >= 4 is 18.0 Å². The van der Waals surface area contributed by atoms with E-state index in [2.05, 4.69) is 15.3 Å². The van der Waals surface area contributed by atoms with Gasteiger partial charge in [0.05, 0.1) is 35.7 Å². The molecule has 200 valence electrons. The van der Waals surface area contributed by atoms with Crippen LogP contribution in [0.1, 0.15) is 61.5 Å². The molecule has 4 rings (SSSR count). The van der Waals surface area contributed by atoms with Gasteiger partial charge >= 0.3 is 5.97 Å². The Morgan fingerprint density at radius 2 is 1.89 bits per heavy atom. The lowest BCUT2D eigenvalue weighted by atomic mass is 9.87. The quantitative estimate of drug-likeness (QED) is 0.322. The highest BCUT2D eigenvalue weighted by Gasteiger charge is 2.26. The summed E-state index contributed by atoms with van der Waals surface area (Å²) in [5.74, 6) is -0.904. The number of fused-ring (bicyclic) bond motifs is 3. The van der Waals surface area contributed by atoms with E-state index < -0.39 is 24.6 Å². The van der Waals surface area contributed by atoms with E-state index in [9.17, 15) is 19.4 Å². The van der Waals surface area contributed by atoms with Crippen LogP contribution in [-0.4, -0.2) is 55.5 Å². The number of rotatable bonds is 9. The first-order valence-corrected chi connectivity index (χ1v) is 12.8. The molecule has 0 bridgehead atoms. The Morgan fingerprint density at radius 3 is 2.55 bits per heavy atom. The molecule has 1 aromatic carbocycles. The Balaban J connectivity index is 1.91. The molecule has 3 aromatic rings. The maximum absolute atomic E-state index is 13.9. The fraction of sp³-hybridized carbons (Fsp3) is 0.379. The monoisotopic (exact) mass is 520 g/mol. The van der Waals surface area contributed by atoms with E-state index in [-0.39, 0.29) is 18.2 Å². The van der Waals surface area contributed by atoms with Crippen LogP contribution in [0.4, 0.5) is 10.3 Å². The van der Waals surface area contributed by atoms with Gasteiger partial charge in [-0.05, 0) is 54.0 Å². The summed E-state index contributed by atoms with van der Waals surface area (Å²) in [4.78, 5) is 25.1. The number of aliphatic hydroxyl groups excluding tert-OH is 2. The summed E-state index contributed by atoms with van der Waals surface area (Å²) in [6, 6.07) is 6.33. The third-order valence-corrected chi connectivity index (χ3v) is 6.64. The molecular formula is C29H33FN4O4. The van der Waals surface area contributed by atoms with Crippen molar-refractivity contribution in [1.82, 2.24) is 15.0 Å². The summed E-state index contributed by atoms with van der Waals surface area (Å²) in [7, 11) is 1.78. The zero-order chi connectivity index (χ0) is 27.4. The smallest absolute Gasteiger partial charge is 0.305 e. The van der Waals surface area contributed by atoms with Crippen LogP contribution in [0.25, 0.3) is 28.5 Å². The van der Waals surface area contributed by atoms with Crippen LogP contribution in [0.5, 0.6) is 0 Å². The first kappa shape index (κ1) is 27.3. The molecule has 4 N–H and O–H groups in total. The molecule has 0 aliphatic heterocycles. The SMILES string of the molecule is CNc1ncc2c(n1)CCCc1c-2nc(C(C)C)c(C=C[C@@H](O)C[C@@H](O)CC(=O)O)c1-c1ccc(F)cc1. The van der Waals surface area contributed by atoms with Crippen LogP contribution in [0, 0.1) is 5.82 Å². The summed E-state index contributed by atoms with van der Waals surface area (Å²) in [5.41, 5.74) is 6.91. The van der Waals surface area contributed by atoms with Gasteiger partial charge in [0.2, 0.25) is 5.95 Å². The van der Waals surface area contributed by atoms with E-state index in [0.717, 1.165) is 64.2 Å². The van der Waals surface area contributed by atoms with Gasteiger partial charge < -0.3 is 20.6 Å². The number of aryl methyl sites for hydroxylation is 1. The third kappa shape index (κ3) is 6.06. The molecule has 0 amide bonds. The van der Waals surface area contributed by atoms with E-state index in [1.54, 1.807) is 37.5 Å². The molecule has 2 atom stereocenters. The molecule has 0 saturated carbocycles. The summed E-state index contributed by atoms with van der Waals surface area (Å²) < 4.78 is 13.9. The van der Waals surface area contributed by atoms with Crippen molar-refractivity contribution in [3.63, 3.8) is 0 Å². The molecule has 0 fully saturated rings. The second-order valence-electron chi connectivity index (χ2n) is 9.85. The number of hydrogen-bond acceptors (Lipinski definition) is 7. The highest BCUT2D eigenvalue weighted by molar-refractivity contribution is 5.85. The molecule has 9 heteroatoms. The Bertz CT molecular complexity index is 1340. The van der Waals surface area contributed by atoms with Gasteiger partial charge in [-0.15, -0.1) is 0 Å². The third-order valence-electron chi connectivity index (χ3n) is 6.64. The predicted octanol–water partition coefficient (Wildman–Crippen LogP) is 4.60. The average Bonchev–Trinajstić information content (AvgIpc) is 3.05. The van der Waals surface area contributed by atoms with Crippen molar-refractivity contribution in [3.05, 3.63) is 64.9 Å². The van der Waals surface area contributed by atoms with Crippen LogP contribution in [0.15, 0.2) is 36.5 Å². The number of aromatic nitrogens is 3. The second kappa shape index (κ2) is 11.8. The van der Waals surface area contributed by atoms with Gasteiger partial charge in [0.15, 0.2) is 0 Å². The molecule has 2 aromatic heterocycles. The molecule has 0 radical (unpaired) electrons. The maximum Gasteiger partial charge on any atom is 0.305 e. The fourth-order valence-electron chi connectivity index (χ4n) is 4.89. The first-order valence-electron chi connectivity index (χ1n) is 12.8. The van der Waals surface area contributed by atoms with Gasteiger partial charge in [-0.3, -0.25) is 9.78 Å². The highest BCUT2D eigenvalue weighted by atomic mass is 19.1. The number of nitrogens with one attached hydrogen (secondary N) is 1. The summed E-state index contributed by atoms with van der Waals surface area (Å²) in [6.45, 7) is 4.07. The van der Waals surface area contributed by atoms with E-state index in [1.165, 1.54) is 12.1 Å². The molecule has 0 saturated heterocycles. The van der Waals surface area contributed by atoms with E-state index in [4.69, 9.17) is 10.1 Å². The highest BCUT2D eigenvalue weighted by Crippen LogP contribution is 2.41. The minimum atomic E-state index is -1.17. The zero-order valence-electron chi connectivity index (χ0n) is 21.8. The second-order valence-corrected chi connectivity index (χ2v) is 9.85. The van der Waals surface area contributed by atoms with Crippen molar-refractivity contribution in [1.29, 1.82) is 0 Å². The van der Waals surface area contributed by atoms with Gasteiger partial charge in [-0.25, -0.2) is 14.4 Å². The number of nitrogens with zero attached hydrogens (tertiary/aromatic N) is 3. The number of aliphatic carboxylic acids is 1. The molecule has 8 nitrogen and oxygen atoms in total. The van der Waals surface area contributed by atoms with Crippen molar-refractivity contribution < 1.29 is 24.5 Å². The molecule has 0 unspecified atom stereocenters. The Kier molecular flexibility index (Phi) is 8.48. The largest absolute Gasteiger partial charge is 0.481 e. The van der Waals surface area contributed by atoms with E-state index in [0.29, 0.717) is 5.95 Å². The van der Waals surface area contributed by atoms with Crippen LogP contribution in [-0.2, 0) is 17.6 Å². The molecule has 38 heavy (non-hydrogen) atoms. The van der Waals surface area contributed by atoms with Crippen molar-refractivity contribution in [2.24, 2.45) is 0 Å². The van der Waals surface area contributed by atoms with Gasteiger partial charge in [0.25, 0.3) is 0 Å². The normalized spacial score (nSPS) is 14.6. The number of carbonyl (C=O) groups is 1. The number of halogens is 1. The lowest BCUT2D eigenvalue weighted by Gasteiger charge is -2.22. The lowest BCUT2D eigenvalue weighted by Crippen LogP contribution is -2.19. The molecule has 1 aliphatic carbocycles. The van der Waals surface area contributed by atoms with Crippen molar-refractivity contribution in [2.45, 2.75) is 64.1 Å². The minimum Gasteiger partial charge on any atom is -0.481 e. The van der Waals surface area contributed by atoms with Crippen LogP contribution < -0.4 is 5.32 Å². The summed E-state index contributed by atoms with van der Waals surface area (Å²) in [5, 5.41) is 32.4. The Morgan fingerprint density at radius 1 is 1.16 bits per heavy atom. The van der Waals surface area contributed by atoms with Crippen LogP contribution in [0.3, 0.4) is 0 Å². The standard InChI is InChI=1S/C29H33FN4O4/c1-16(2)27-22(12-11-19(35)13-20(36)14-25(37)38)26(17-7-9-18(30)10-8-17)21-5-4-6-24-23(28(21)34-27)15-32-29(31-3)33-24/h7-12,15-16,19-20,35-36H,4-6,13-14H2,1-3H3,(H,37,38)(H,31,32,33)/t19-,20-/m1/s1. The van der Waals surface area contributed by atoms with Gasteiger partial charge in [0.1, 0.15) is 5.82 Å². The number of carboxylic acid groups (broad SMARTS) is 1. The fourth-order valence-corrected chi connectivity index (χ4v) is 4.89. The van der Waals surface area contributed by atoms with Crippen molar-refractivity contribution in [2.75, 3.05) is 12.4 Å². The summed E-state index contributed by atoms with van der Waals surface area (Å²) >= 11 is 0. The number of hydrogen-bond donors (Lipinski definition) is 4. The number of anilines is 1. The van der Waals surface area contributed by atoms with Crippen LogP contribution >= 0.6 is 0 Å². The topological polar surface area (TPSA) is 128 Å². The Hall–Kier alpha value is -3.69. The minimum absolute atomic E-state index is 0.0121. The van der Waals surface area contributed by atoms with Crippen molar-refractivity contribution in [3.8, 4) is 22.4 Å². The van der Waals surface area contributed by atoms with Gasteiger partial charge in [0, 0.05) is 30.8 Å². The first-order chi connectivity index (χ1) is 18.2. The number of aliphatic hydroxyl groups is 2. The van der Waals surface area contributed by atoms with Crippen LogP contribution in [0.2, 0.25) is 0 Å². The maximum atomic E-state index is 13.9.